The Bertz CT molecular complexity index is 1070. The van der Waals surface area contributed by atoms with E-state index in [9.17, 15) is 13.6 Å². The van der Waals surface area contributed by atoms with Crippen molar-refractivity contribution in [1.82, 2.24) is 14.7 Å². The van der Waals surface area contributed by atoms with Crippen molar-refractivity contribution in [2.75, 3.05) is 26.3 Å². The number of rotatable bonds is 7. The molecule has 1 aliphatic heterocycles. The average Bonchev–Trinajstić information content (AvgIpc) is 3.17. The molecule has 2 heterocycles. The summed E-state index contributed by atoms with van der Waals surface area (Å²) in [6.07, 6.45) is 0.444. The molecule has 0 saturated carbocycles. The van der Waals surface area contributed by atoms with Gasteiger partial charge in [-0.2, -0.15) is 5.10 Å². The van der Waals surface area contributed by atoms with Crippen LogP contribution in [0.2, 0.25) is 0 Å². The Morgan fingerprint density at radius 2 is 1.97 bits per heavy atom. The number of para-hydroxylation sites is 1. The number of carbonyl (C=O) groups is 1. The van der Waals surface area contributed by atoms with Gasteiger partial charge in [0.05, 0.1) is 31.9 Å². The van der Waals surface area contributed by atoms with Gasteiger partial charge in [0, 0.05) is 25.7 Å². The number of benzene rings is 2. The van der Waals surface area contributed by atoms with Crippen molar-refractivity contribution in [2.45, 2.75) is 18.9 Å². The van der Waals surface area contributed by atoms with Crippen molar-refractivity contribution in [2.24, 2.45) is 7.05 Å². The molecule has 0 bridgehead atoms. The van der Waals surface area contributed by atoms with Crippen LogP contribution in [-0.4, -0.2) is 46.9 Å². The summed E-state index contributed by atoms with van der Waals surface area (Å²) in [6, 6.07) is 14.2. The van der Waals surface area contributed by atoms with Crippen molar-refractivity contribution in [3.8, 4) is 5.75 Å². The van der Waals surface area contributed by atoms with Gasteiger partial charge in [-0.05, 0) is 35.9 Å². The third-order valence-electron chi connectivity index (χ3n) is 5.47. The Kier molecular flexibility index (Phi) is 6.80. The van der Waals surface area contributed by atoms with Gasteiger partial charge in [0.25, 0.3) is 0 Å². The highest BCUT2D eigenvalue weighted by atomic mass is 19.1. The first-order valence-electron chi connectivity index (χ1n) is 10.5. The van der Waals surface area contributed by atoms with E-state index in [4.69, 9.17) is 9.47 Å². The largest absolute Gasteiger partial charge is 0.490 e. The van der Waals surface area contributed by atoms with Crippen molar-refractivity contribution in [3.63, 3.8) is 0 Å². The maximum absolute atomic E-state index is 13.7. The smallest absolute Gasteiger partial charge is 0.227 e. The van der Waals surface area contributed by atoms with E-state index < -0.39 is 0 Å². The van der Waals surface area contributed by atoms with E-state index in [0.29, 0.717) is 32.7 Å². The molecule has 3 aromatic rings. The lowest BCUT2D eigenvalue weighted by atomic mass is 10.1. The van der Waals surface area contributed by atoms with Crippen LogP contribution in [0.5, 0.6) is 5.75 Å². The molecule has 6 nitrogen and oxygen atoms in total. The third-order valence-corrected chi connectivity index (χ3v) is 5.47. The van der Waals surface area contributed by atoms with E-state index in [1.807, 2.05) is 13.1 Å². The van der Waals surface area contributed by atoms with E-state index in [1.54, 1.807) is 39.9 Å². The molecule has 1 fully saturated rings. The molecule has 0 N–H and O–H groups in total. The van der Waals surface area contributed by atoms with Crippen LogP contribution in [0.1, 0.15) is 23.1 Å². The Hall–Kier alpha value is -3.26. The zero-order valence-electron chi connectivity index (χ0n) is 17.8. The van der Waals surface area contributed by atoms with Crippen LogP contribution in [0.4, 0.5) is 8.78 Å². The molecule has 4 rings (SSSR count). The minimum atomic E-state index is -0.390. The maximum Gasteiger partial charge on any atom is 0.227 e. The van der Waals surface area contributed by atoms with Gasteiger partial charge in [0.2, 0.25) is 5.91 Å². The number of nitrogens with zero attached hydrogens (tertiary/aromatic N) is 3. The van der Waals surface area contributed by atoms with Gasteiger partial charge in [0.1, 0.15) is 11.9 Å². The summed E-state index contributed by atoms with van der Waals surface area (Å²) >= 11 is 0. The molecular formula is C24H25F2N3O3. The molecule has 1 aromatic heterocycles. The highest BCUT2D eigenvalue weighted by Gasteiger charge is 2.27. The van der Waals surface area contributed by atoms with Gasteiger partial charge in [-0.1, -0.05) is 24.3 Å². The molecule has 1 amide bonds. The van der Waals surface area contributed by atoms with Crippen LogP contribution in [0, 0.1) is 11.6 Å². The van der Waals surface area contributed by atoms with E-state index >= 15 is 0 Å². The summed E-state index contributed by atoms with van der Waals surface area (Å²) < 4.78 is 39.9. The highest BCUT2D eigenvalue weighted by Crippen LogP contribution is 2.23. The molecule has 168 valence electrons. The molecule has 0 spiro atoms. The van der Waals surface area contributed by atoms with Gasteiger partial charge in [0.15, 0.2) is 11.6 Å². The van der Waals surface area contributed by atoms with E-state index in [0.717, 1.165) is 17.0 Å². The molecule has 1 saturated heterocycles. The lowest BCUT2D eigenvalue weighted by Crippen LogP contribution is -2.43. The molecule has 2 aromatic carbocycles. The van der Waals surface area contributed by atoms with Crippen molar-refractivity contribution < 1.29 is 23.0 Å². The first kappa shape index (κ1) is 22.0. The Morgan fingerprint density at radius 1 is 1.19 bits per heavy atom. The fraction of sp³-hybridized carbons (Fsp3) is 0.333. The number of aromatic nitrogens is 2. The summed E-state index contributed by atoms with van der Waals surface area (Å²) in [4.78, 5) is 14.5. The molecule has 1 atom stereocenters. The molecule has 0 unspecified atom stereocenters. The summed E-state index contributed by atoms with van der Waals surface area (Å²) in [5.74, 6) is -0.516. The highest BCUT2D eigenvalue weighted by molar-refractivity contribution is 5.78. The molecule has 32 heavy (non-hydrogen) atoms. The predicted octanol–water partition coefficient (Wildman–Crippen LogP) is 3.46. The number of amides is 1. The number of ether oxygens (including phenoxy) is 2. The zero-order chi connectivity index (χ0) is 22.5. The fourth-order valence-electron chi connectivity index (χ4n) is 3.69. The summed E-state index contributed by atoms with van der Waals surface area (Å²) in [5.41, 5.74) is 2.44. The second kappa shape index (κ2) is 9.91. The number of hydrogen-bond donors (Lipinski definition) is 0. The molecule has 1 aliphatic rings. The van der Waals surface area contributed by atoms with Crippen molar-refractivity contribution >= 4 is 5.91 Å². The molecule has 8 heteroatoms. The lowest BCUT2D eigenvalue weighted by molar-refractivity contribution is -0.138. The number of hydrogen-bond acceptors (Lipinski definition) is 4. The zero-order valence-corrected chi connectivity index (χ0v) is 17.8. The van der Waals surface area contributed by atoms with Crippen LogP contribution in [0.3, 0.4) is 0 Å². The lowest BCUT2D eigenvalue weighted by Gasteiger charge is -2.32. The van der Waals surface area contributed by atoms with Crippen LogP contribution in [0.25, 0.3) is 0 Å². The summed E-state index contributed by atoms with van der Waals surface area (Å²) in [7, 11) is 1.84. The first-order chi connectivity index (χ1) is 15.5. The van der Waals surface area contributed by atoms with E-state index in [2.05, 4.69) is 5.10 Å². The van der Waals surface area contributed by atoms with Gasteiger partial charge in [-0.15, -0.1) is 0 Å². The van der Waals surface area contributed by atoms with Crippen LogP contribution >= 0.6 is 0 Å². The molecule has 0 radical (unpaired) electrons. The Morgan fingerprint density at radius 3 is 2.75 bits per heavy atom. The quantitative estimate of drug-likeness (QED) is 0.564. The van der Waals surface area contributed by atoms with Gasteiger partial charge < -0.3 is 14.4 Å². The Balaban J connectivity index is 1.34. The van der Waals surface area contributed by atoms with Crippen LogP contribution < -0.4 is 4.74 Å². The first-order valence-corrected chi connectivity index (χ1v) is 10.5. The van der Waals surface area contributed by atoms with Gasteiger partial charge in [-0.3, -0.25) is 9.48 Å². The average molecular weight is 441 g/mol. The van der Waals surface area contributed by atoms with Crippen LogP contribution in [0.15, 0.2) is 54.6 Å². The number of morpholine rings is 1. The normalized spacial score (nSPS) is 16.2. The van der Waals surface area contributed by atoms with E-state index in [1.165, 1.54) is 18.2 Å². The second-order valence-corrected chi connectivity index (χ2v) is 7.72. The maximum atomic E-state index is 13.7. The topological polar surface area (TPSA) is 56.6 Å². The molecular weight excluding hydrogens is 416 g/mol. The number of aryl methyl sites for hydroxylation is 1. The standard InChI is InChI=1S/C24H25F2N3O3/c1-28-19(10-12-31-22-5-3-2-4-20(22)26)15-21(27-28)23-16-29(11-13-32-23)24(30)14-17-6-8-18(25)9-7-17/h2-9,15,23H,10-14,16H2,1H3/t23-/m1/s1. The minimum absolute atomic E-state index is 0.0284. The van der Waals surface area contributed by atoms with E-state index in [-0.39, 0.29) is 35.8 Å². The third kappa shape index (κ3) is 5.31. The Labute approximate surface area is 185 Å². The fourth-order valence-corrected chi connectivity index (χ4v) is 3.69. The van der Waals surface area contributed by atoms with Crippen molar-refractivity contribution in [1.29, 1.82) is 0 Å². The molecule has 0 aliphatic carbocycles. The second-order valence-electron chi connectivity index (χ2n) is 7.72. The monoisotopic (exact) mass is 441 g/mol. The summed E-state index contributed by atoms with van der Waals surface area (Å²) in [6.45, 7) is 1.64. The van der Waals surface area contributed by atoms with Crippen molar-refractivity contribution in [3.05, 3.63) is 83.2 Å². The van der Waals surface area contributed by atoms with Crippen LogP contribution in [-0.2, 0) is 29.4 Å². The summed E-state index contributed by atoms with van der Waals surface area (Å²) in [5, 5.41) is 4.55. The number of halogens is 2. The minimum Gasteiger partial charge on any atom is -0.490 e. The predicted molar refractivity (Wildman–Crippen MR) is 114 cm³/mol. The van der Waals surface area contributed by atoms with Gasteiger partial charge >= 0.3 is 0 Å². The number of carbonyl (C=O) groups excluding carboxylic acids is 1. The SMILES string of the molecule is Cn1nc([C@H]2CN(C(=O)Cc3ccc(F)cc3)CCO2)cc1CCOc1ccccc1F. The van der Waals surface area contributed by atoms with Gasteiger partial charge in [-0.25, -0.2) is 8.78 Å².